The zero-order valence-corrected chi connectivity index (χ0v) is 13.0. The fraction of sp³-hybridized carbons (Fsp3) is 0.500. The van der Waals surface area contributed by atoms with Crippen molar-refractivity contribution in [1.82, 2.24) is 10.2 Å². The molecular weight excluding hydrogens is 284 g/mol. The maximum Gasteiger partial charge on any atom is 0.317 e. The molecule has 1 unspecified atom stereocenters. The molecule has 1 aliphatic rings. The normalized spacial score (nSPS) is 17.9. The third kappa shape index (κ3) is 3.90. The van der Waals surface area contributed by atoms with Gasteiger partial charge >= 0.3 is 12.0 Å². The summed E-state index contributed by atoms with van der Waals surface area (Å²) < 4.78 is 5.31. The summed E-state index contributed by atoms with van der Waals surface area (Å²) in [5, 5.41) is 11.9. The van der Waals surface area contributed by atoms with Crippen molar-refractivity contribution in [2.75, 3.05) is 20.2 Å². The first-order valence-electron chi connectivity index (χ1n) is 7.40. The Hall–Kier alpha value is -2.24. The Kier molecular flexibility index (Phi) is 5.25. The number of carboxylic acid groups (broad SMARTS) is 1. The minimum absolute atomic E-state index is 0.228. The average Bonchev–Trinajstić information content (AvgIpc) is 2.53. The summed E-state index contributed by atoms with van der Waals surface area (Å²) in [4.78, 5) is 24.8. The summed E-state index contributed by atoms with van der Waals surface area (Å²) in [6.45, 7) is 3.20. The summed E-state index contributed by atoms with van der Waals surface area (Å²) in [7, 11) is 1.60. The van der Waals surface area contributed by atoms with Gasteiger partial charge in [0.1, 0.15) is 5.75 Å². The molecule has 2 N–H and O–H groups in total. The number of hydrogen-bond donors (Lipinski definition) is 2. The highest BCUT2D eigenvalue weighted by Crippen LogP contribution is 2.20. The van der Waals surface area contributed by atoms with Crippen molar-refractivity contribution in [3.8, 4) is 5.75 Å². The SMILES string of the molecule is COc1cc(C)ccc1CNC(=O)N1CCCC(C(=O)O)C1. The van der Waals surface area contributed by atoms with Gasteiger partial charge in [-0.25, -0.2) is 4.79 Å². The van der Waals surface area contributed by atoms with Gasteiger partial charge in [0, 0.05) is 25.2 Å². The molecule has 1 heterocycles. The number of carbonyl (C=O) groups is 2. The molecule has 1 saturated heterocycles. The molecule has 0 spiro atoms. The number of urea groups is 1. The Morgan fingerprint density at radius 1 is 1.45 bits per heavy atom. The molecular formula is C16H22N2O4. The zero-order chi connectivity index (χ0) is 16.1. The lowest BCUT2D eigenvalue weighted by Gasteiger charge is -2.30. The highest BCUT2D eigenvalue weighted by molar-refractivity contribution is 5.76. The van der Waals surface area contributed by atoms with E-state index in [1.54, 1.807) is 12.0 Å². The van der Waals surface area contributed by atoms with Gasteiger partial charge in [0.25, 0.3) is 0 Å². The Morgan fingerprint density at radius 3 is 2.91 bits per heavy atom. The highest BCUT2D eigenvalue weighted by atomic mass is 16.5. The van der Waals surface area contributed by atoms with Gasteiger partial charge in [-0.1, -0.05) is 12.1 Å². The second kappa shape index (κ2) is 7.15. The molecule has 6 heteroatoms. The lowest BCUT2D eigenvalue weighted by molar-refractivity contribution is -0.143. The largest absolute Gasteiger partial charge is 0.496 e. The molecule has 0 aliphatic carbocycles. The van der Waals surface area contributed by atoms with Crippen LogP contribution in [0.25, 0.3) is 0 Å². The lowest BCUT2D eigenvalue weighted by atomic mass is 9.99. The van der Waals surface area contributed by atoms with E-state index >= 15 is 0 Å². The van der Waals surface area contributed by atoms with Gasteiger partial charge in [0.2, 0.25) is 0 Å². The predicted molar refractivity (Wildman–Crippen MR) is 81.9 cm³/mol. The average molecular weight is 306 g/mol. The van der Waals surface area contributed by atoms with Crippen LogP contribution < -0.4 is 10.1 Å². The smallest absolute Gasteiger partial charge is 0.317 e. The number of likely N-dealkylation sites (tertiary alicyclic amines) is 1. The van der Waals surface area contributed by atoms with Crippen LogP contribution in [-0.4, -0.2) is 42.2 Å². The van der Waals surface area contributed by atoms with Crippen molar-refractivity contribution in [3.05, 3.63) is 29.3 Å². The van der Waals surface area contributed by atoms with Crippen LogP contribution >= 0.6 is 0 Å². The number of benzene rings is 1. The van der Waals surface area contributed by atoms with E-state index in [1.807, 2.05) is 25.1 Å². The fourth-order valence-corrected chi connectivity index (χ4v) is 2.64. The van der Waals surface area contributed by atoms with Crippen LogP contribution in [0.5, 0.6) is 5.75 Å². The van der Waals surface area contributed by atoms with Crippen LogP contribution in [0.2, 0.25) is 0 Å². The highest BCUT2D eigenvalue weighted by Gasteiger charge is 2.27. The minimum Gasteiger partial charge on any atom is -0.496 e. The molecule has 120 valence electrons. The quantitative estimate of drug-likeness (QED) is 0.892. The molecule has 1 aromatic rings. The van der Waals surface area contributed by atoms with Crippen LogP contribution in [0.4, 0.5) is 4.79 Å². The number of aliphatic carboxylic acids is 1. The van der Waals surface area contributed by atoms with Gasteiger partial charge in [-0.05, 0) is 31.4 Å². The van der Waals surface area contributed by atoms with E-state index in [1.165, 1.54) is 0 Å². The fourth-order valence-electron chi connectivity index (χ4n) is 2.64. The van der Waals surface area contributed by atoms with Gasteiger partial charge in [0.15, 0.2) is 0 Å². The van der Waals surface area contributed by atoms with E-state index in [2.05, 4.69) is 5.32 Å². The number of hydrogen-bond acceptors (Lipinski definition) is 3. The molecule has 0 aromatic heterocycles. The van der Waals surface area contributed by atoms with Crippen molar-refractivity contribution < 1.29 is 19.4 Å². The number of methoxy groups -OCH3 is 1. The number of rotatable bonds is 4. The van der Waals surface area contributed by atoms with E-state index in [9.17, 15) is 9.59 Å². The van der Waals surface area contributed by atoms with Gasteiger partial charge in [-0.3, -0.25) is 4.79 Å². The molecule has 0 bridgehead atoms. The predicted octanol–water partition coefficient (Wildman–Crippen LogP) is 2.01. The van der Waals surface area contributed by atoms with Gasteiger partial charge < -0.3 is 20.1 Å². The molecule has 1 aliphatic heterocycles. The first-order valence-corrected chi connectivity index (χ1v) is 7.40. The molecule has 22 heavy (non-hydrogen) atoms. The monoisotopic (exact) mass is 306 g/mol. The van der Waals surface area contributed by atoms with Crippen molar-refractivity contribution in [1.29, 1.82) is 0 Å². The second-order valence-electron chi connectivity index (χ2n) is 5.60. The van der Waals surface area contributed by atoms with E-state index in [-0.39, 0.29) is 12.6 Å². The number of carboxylic acids is 1. The van der Waals surface area contributed by atoms with Crippen LogP contribution in [0.1, 0.15) is 24.0 Å². The number of nitrogens with one attached hydrogen (secondary N) is 1. The summed E-state index contributed by atoms with van der Waals surface area (Å²) in [5.74, 6) is -0.562. The molecule has 1 aromatic carbocycles. The summed E-state index contributed by atoms with van der Waals surface area (Å²) in [6.07, 6.45) is 1.35. The second-order valence-corrected chi connectivity index (χ2v) is 5.60. The number of piperidine rings is 1. The Labute approximate surface area is 130 Å². The van der Waals surface area contributed by atoms with Crippen LogP contribution in [-0.2, 0) is 11.3 Å². The first kappa shape index (κ1) is 16.1. The number of amides is 2. The lowest BCUT2D eigenvalue weighted by Crippen LogP contribution is -2.46. The standard InChI is InChI=1S/C16H22N2O4/c1-11-5-6-12(14(8-11)22-2)9-17-16(21)18-7-3-4-13(10-18)15(19)20/h5-6,8,13H,3-4,7,9-10H2,1-2H3,(H,17,21)(H,19,20). The molecule has 0 radical (unpaired) electrons. The van der Waals surface area contributed by atoms with Crippen LogP contribution in [0.3, 0.4) is 0 Å². The van der Waals surface area contributed by atoms with E-state index < -0.39 is 11.9 Å². The third-order valence-electron chi connectivity index (χ3n) is 3.93. The summed E-state index contributed by atoms with van der Waals surface area (Å²) in [5.41, 5.74) is 1.99. The number of ether oxygens (including phenoxy) is 1. The number of carbonyl (C=O) groups excluding carboxylic acids is 1. The molecule has 2 amide bonds. The van der Waals surface area contributed by atoms with E-state index in [0.29, 0.717) is 19.5 Å². The Balaban J connectivity index is 1.94. The molecule has 1 atom stereocenters. The van der Waals surface area contributed by atoms with E-state index in [4.69, 9.17) is 9.84 Å². The molecule has 0 saturated carbocycles. The van der Waals surface area contributed by atoms with Gasteiger partial charge in [0.05, 0.1) is 13.0 Å². The minimum atomic E-state index is -0.835. The van der Waals surface area contributed by atoms with Crippen molar-refractivity contribution in [2.45, 2.75) is 26.3 Å². The Bertz CT molecular complexity index is 559. The molecule has 6 nitrogen and oxygen atoms in total. The maximum absolute atomic E-state index is 12.2. The van der Waals surface area contributed by atoms with Crippen molar-refractivity contribution >= 4 is 12.0 Å². The number of nitrogens with zero attached hydrogens (tertiary/aromatic N) is 1. The zero-order valence-electron chi connectivity index (χ0n) is 13.0. The van der Waals surface area contributed by atoms with E-state index in [0.717, 1.165) is 23.3 Å². The first-order chi connectivity index (χ1) is 10.5. The van der Waals surface area contributed by atoms with Crippen LogP contribution in [0, 0.1) is 12.8 Å². The maximum atomic E-state index is 12.2. The van der Waals surface area contributed by atoms with Crippen molar-refractivity contribution in [3.63, 3.8) is 0 Å². The number of aryl methyl sites for hydroxylation is 1. The molecule has 2 rings (SSSR count). The summed E-state index contributed by atoms with van der Waals surface area (Å²) >= 11 is 0. The summed E-state index contributed by atoms with van der Waals surface area (Å²) in [6, 6.07) is 5.58. The van der Waals surface area contributed by atoms with Gasteiger partial charge in [-0.15, -0.1) is 0 Å². The van der Waals surface area contributed by atoms with Crippen molar-refractivity contribution in [2.24, 2.45) is 5.92 Å². The molecule has 1 fully saturated rings. The van der Waals surface area contributed by atoms with Gasteiger partial charge in [-0.2, -0.15) is 0 Å². The third-order valence-corrected chi connectivity index (χ3v) is 3.93. The van der Waals surface area contributed by atoms with Crippen LogP contribution in [0.15, 0.2) is 18.2 Å². The topological polar surface area (TPSA) is 78.9 Å². The Morgan fingerprint density at radius 2 is 2.23 bits per heavy atom.